The topological polar surface area (TPSA) is 44.4 Å². The van der Waals surface area contributed by atoms with Crippen LogP contribution in [0.25, 0.3) is 0 Å². The predicted octanol–water partition coefficient (Wildman–Crippen LogP) is 0.829. The Bertz CT molecular complexity index is 208. The summed E-state index contributed by atoms with van der Waals surface area (Å²) in [6.07, 6.45) is 0.564. The first-order valence-electron chi connectivity index (χ1n) is 6.12. The first kappa shape index (κ1) is 15.4. The summed E-state index contributed by atoms with van der Waals surface area (Å²) >= 11 is 0. The van der Waals surface area contributed by atoms with Gasteiger partial charge in [-0.1, -0.05) is 6.92 Å². The third kappa shape index (κ3) is 4.10. The van der Waals surface area contributed by atoms with Gasteiger partial charge in [-0.2, -0.15) is 0 Å². The Labute approximate surface area is 99.8 Å². The smallest absolute Gasteiger partial charge is 0.222 e. The first-order chi connectivity index (χ1) is 7.49. The van der Waals surface area contributed by atoms with Gasteiger partial charge in [0.2, 0.25) is 5.91 Å². The molecule has 96 valence electrons. The van der Waals surface area contributed by atoms with Gasteiger partial charge in [0.1, 0.15) is 0 Å². The number of hydrogen-bond donors (Lipinski definition) is 2. The van der Waals surface area contributed by atoms with Gasteiger partial charge in [-0.3, -0.25) is 4.79 Å². The van der Waals surface area contributed by atoms with Crippen LogP contribution in [0, 0.1) is 0 Å². The molecule has 2 N–H and O–H groups in total. The van der Waals surface area contributed by atoms with Gasteiger partial charge >= 0.3 is 0 Å². The van der Waals surface area contributed by atoms with Crippen LogP contribution in [0.15, 0.2) is 0 Å². The van der Waals surface area contributed by atoms with E-state index in [1.807, 2.05) is 25.9 Å². The number of carbonyl (C=O) groups is 1. The van der Waals surface area contributed by atoms with Crippen molar-refractivity contribution < 1.29 is 4.79 Å². The van der Waals surface area contributed by atoms with Gasteiger partial charge < -0.3 is 15.5 Å². The molecule has 0 bridgehead atoms. The van der Waals surface area contributed by atoms with E-state index in [2.05, 4.69) is 31.4 Å². The van der Waals surface area contributed by atoms with E-state index in [9.17, 15) is 4.79 Å². The maximum atomic E-state index is 12.0. The molecule has 0 saturated heterocycles. The third-order valence-electron chi connectivity index (χ3n) is 3.18. The monoisotopic (exact) mass is 229 g/mol. The Kier molecular flexibility index (Phi) is 7.34. The molecule has 0 rings (SSSR count). The lowest BCUT2D eigenvalue weighted by Gasteiger charge is -2.37. The van der Waals surface area contributed by atoms with Crippen LogP contribution in [-0.2, 0) is 4.79 Å². The fourth-order valence-corrected chi connectivity index (χ4v) is 1.93. The number of amides is 1. The van der Waals surface area contributed by atoms with Gasteiger partial charge in [-0.15, -0.1) is 0 Å². The molecule has 16 heavy (non-hydrogen) atoms. The zero-order chi connectivity index (χ0) is 12.7. The van der Waals surface area contributed by atoms with Crippen molar-refractivity contribution in [1.82, 2.24) is 15.5 Å². The quantitative estimate of drug-likeness (QED) is 0.679. The fourth-order valence-electron chi connectivity index (χ4n) is 1.93. The van der Waals surface area contributed by atoms with Crippen molar-refractivity contribution in [2.45, 2.75) is 52.2 Å². The van der Waals surface area contributed by atoms with Crippen molar-refractivity contribution in [2.24, 2.45) is 0 Å². The molecule has 0 saturated carbocycles. The molecule has 4 nitrogen and oxygen atoms in total. The highest BCUT2D eigenvalue weighted by Crippen LogP contribution is 2.11. The summed E-state index contributed by atoms with van der Waals surface area (Å²) in [5, 5.41) is 6.33. The van der Waals surface area contributed by atoms with Crippen molar-refractivity contribution in [3.63, 3.8) is 0 Å². The molecule has 0 aliphatic rings. The number of nitrogens with one attached hydrogen (secondary N) is 2. The lowest BCUT2D eigenvalue weighted by atomic mass is 10.1. The van der Waals surface area contributed by atoms with E-state index in [-0.39, 0.29) is 18.0 Å². The average molecular weight is 229 g/mol. The van der Waals surface area contributed by atoms with E-state index >= 15 is 0 Å². The van der Waals surface area contributed by atoms with Gasteiger partial charge in [0.05, 0.1) is 0 Å². The van der Waals surface area contributed by atoms with Crippen LogP contribution in [-0.4, -0.2) is 49.6 Å². The Morgan fingerprint density at radius 2 is 1.81 bits per heavy atom. The summed E-state index contributed by atoms with van der Waals surface area (Å²) in [7, 11) is 3.84. The van der Waals surface area contributed by atoms with Crippen LogP contribution < -0.4 is 10.6 Å². The summed E-state index contributed by atoms with van der Waals surface area (Å²) in [5.74, 6) is 0.220. The van der Waals surface area contributed by atoms with E-state index in [1.165, 1.54) is 0 Å². The van der Waals surface area contributed by atoms with Gasteiger partial charge in [-0.25, -0.2) is 0 Å². The lowest BCUT2D eigenvalue weighted by molar-refractivity contribution is -0.135. The van der Waals surface area contributed by atoms with Crippen molar-refractivity contribution in [1.29, 1.82) is 0 Å². The number of hydrogen-bond acceptors (Lipinski definition) is 3. The van der Waals surface area contributed by atoms with Crippen LogP contribution in [0.5, 0.6) is 0 Å². The molecule has 0 aromatic rings. The van der Waals surface area contributed by atoms with Crippen molar-refractivity contribution in [3.8, 4) is 0 Å². The minimum atomic E-state index is 0.209. The first-order valence-corrected chi connectivity index (χ1v) is 6.12. The van der Waals surface area contributed by atoms with Crippen LogP contribution in [0.4, 0.5) is 0 Å². The minimum absolute atomic E-state index is 0.209. The Hall–Kier alpha value is -0.610. The van der Waals surface area contributed by atoms with E-state index in [0.29, 0.717) is 12.5 Å². The highest BCUT2D eigenvalue weighted by atomic mass is 16.2. The van der Waals surface area contributed by atoms with E-state index in [4.69, 9.17) is 0 Å². The van der Waals surface area contributed by atoms with Gasteiger partial charge in [-0.05, 0) is 34.9 Å². The lowest BCUT2D eigenvalue weighted by Crippen LogP contribution is -2.54. The van der Waals surface area contributed by atoms with Crippen LogP contribution in [0.3, 0.4) is 0 Å². The van der Waals surface area contributed by atoms with E-state index in [0.717, 1.165) is 6.54 Å². The summed E-state index contributed by atoms with van der Waals surface area (Å²) in [5.41, 5.74) is 0. The molecule has 0 fully saturated rings. The molecule has 0 aliphatic carbocycles. The maximum absolute atomic E-state index is 12.0. The average Bonchev–Trinajstić information content (AvgIpc) is 2.28. The van der Waals surface area contributed by atoms with Crippen LogP contribution >= 0.6 is 0 Å². The van der Waals surface area contributed by atoms with Gasteiger partial charge in [0, 0.05) is 31.1 Å². The summed E-state index contributed by atoms with van der Waals surface area (Å²) < 4.78 is 0. The Morgan fingerprint density at radius 1 is 1.25 bits per heavy atom. The third-order valence-corrected chi connectivity index (χ3v) is 3.18. The second kappa shape index (κ2) is 7.63. The van der Waals surface area contributed by atoms with Gasteiger partial charge in [0.25, 0.3) is 0 Å². The molecule has 0 aromatic carbocycles. The molecule has 4 heteroatoms. The Balaban J connectivity index is 4.71. The molecule has 0 aromatic heterocycles. The fraction of sp³-hybridized carbons (Fsp3) is 0.917. The molecule has 0 aliphatic heterocycles. The Morgan fingerprint density at radius 3 is 2.19 bits per heavy atom. The minimum Gasteiger partial charge on any atom is -0.334 e. The SMILES string of the molecule is CCC(=O)N(C(C)CNC)C(C)C(C)NC. The van der Waals surface area contributed by atoms with E-state index < -0.39 is 0 Å². The van der Waals surface area contributed by atoms with Crippen LogP contribution in [0.2, 0.25) is 0 Å². The molecule has 3 unspecified atom stereocenters. The van der Waals surface area contributed by atoms with Crippen molar-refractivity contribution in [2.75, 3.05) is 20.6 Å². The number of rotatable bonds is 7. The summed E-state index contributed by atoms with van der Waals surface area (Å²) in [4.78, 5) is 13.9. The standard InChI is InChI=1S/C12H27N3O/c1-7-12(16)15(9(2)8-13-5)11(4)10(3)14-6/h9-11,13-14H,7-8H2,1-6H3. The number of likely N-dealkylation sites (N-methyl/N-ethyl adjacent to an activating group) is 2. The van der Waals surface area contributed by atoms with Crippen molar-refractivity contribution in [3.05, 3.63) is 0 Å². The molecular formula is C12H27N3O. The van der Waals surface area contributed by atoms with Crippen LogP contribution in [0.1, 0.15) is 34.1 Å². The van der Waals surface area contributed by atoms with E-state index in [1.54, 1.807) is 0 Å². The maximum Gasteiger partial charge on any atom is 0.222 e. The largest absolute Gasteiger partial charge is 0.334 e. The number of carbonyl (C=O) groups excluding carboxylic acids is 1. The predicted molar refractivity (Wildman–Crippen MR) is 68.5 cm³/mol. The summed E-state index contributed by atoms with van der Waals surface area (Å²) in [6.45, 7) is 9.03. The molecule has 3 atom stereocenters. The molecule has 0 radical (unpaired) electrons. The normalized spacial score (nSPS) is 16.6. The summed E-state index contributed by atoms with van der Waals surface area (Å²) in [6, 6.07) is 0.735. The molecule has 0 heterocycles. The zero-order valence-electron chi connectivity index (χ0n) is 11.5. The molecule has 1 amide bonds. The second-order valence-corrected chi connectivity index (χ2v) is 4.38. The van der Waals surface area contributed by atoms with Gasteiger partial charge in [0.15, 0.2) is 0 Å². The number of nitrogens with zero attached hydrogens (tertiary/aromatic N) is 1. The molecule has 0 spiro atoms. The molecular weight excluding hydrogens is 202 g/mol. The second-order valence-electron chi connectivity index (χ2n) is 4.38. The highest BCUT2D eigenvalue weighted by molar-refractivity contribution is 5.76. The highest BCUT2D eigenvalue weighted by Gasteiger charge is 2.26. The zero-order valence-corrected chi connectivity index (χ0v) is 11.5. The van der Waals surface area contributed by atoms with Crippen molar-refractivity contribution >= 4 is 5.91 Å².